The van der Waals surface area contributed by atoms with E-state index in [0.717, 1.165) is 48.8 Å². The molecule has 6 nitrogen and oxygen atoms in total. The van der Waals surface area contributed by atoms with Crippen LogP contribution in [0.25, 0.3) is 0 Å². The van der Waals surface area contributed by atoms with Crippen molar-refractivity contribution in [3.05, 3.63) is 29.7 Å². The molecule has 0 saturated heterocycles. The van der Waals surface area contributed by atoms with Crippen LogP contribution in [0.3, 0.4) is 0 Å². The van der Waals surface area contributed by atoms with E-state index in [-0.39, 0.29) is 0 Å². The van der Waals surface area contributed by atoms with Crippen molar-refractivity contribution in [1.29, 1.82) is 0 Å². The highest BCUT2D eigenvalue weighted by molar-refractivity contribution is 5.43. The van der Waals surface area contributed by atoms with E-state index in [2.05, 4.69) is 15.5 Å². The zero-order valence-corrected chi connectivity index (χ0v) is 13.0. The summed E-state index contributed by atoms with van der Waals surface area (Å²) in [5, 5.41) is 11.3. The third kappa shape index (κ3) is 3.16. The van der Waals surface area contributed by atoms with Gasteiger partial charge in [0.25, 0.3) is 0 Å². The molecule has 0 unspecified atom stereocenters. The molecular weight excluding hydrogens is 282 g/mol. The van der Waals surface area contributed by atoms with Crippen LogP contribution in [0, 0.1) is 0 Å². The lowest BCUT2D eigenvalue weighted by atomic mass is 9.85. The standard InChI is InChI=1S/C16H21N3O3/c1-20-13-7-6-11(10-14(13)21-2)8-9-17-16-19-18-15(22-16)12-4-3-5-12/h6-7,10,12H,3-5,8-9H2,1-2H3,(H,17,19). The maximum Gasteiger partial charge on any atom is 0.315 e. The van der Waals surface area contributed by atoms with Gasteiger partial charge in [0, 0.05) is 12.5 Å². The van der Waals surface area contributed by atoms with Gasteiger partial charge in [0.2, 0.25) is 5.89 Å². The molecule has 22 heavy (non-hydrogen) atoms. The van der Waals surface area contributed by atoms with E-state index in [4.69, 9.17) is 13.9 Å². The lowest BCUT2D eigenvalue weighted by Gasteiger charge is -2.20. The molecule has 2 aromatic rings. The summed E-state index contributed by atoms with van der Waals surface area (Å²) < 4.78 is 16.2. The fourth-order valence-electron chi connectivity index (χ4n) is 2.48. The van der Waals surface area contributed by atoms with E-state index in [1.54, 1.807) is 14.2 Å². The first-order valence-corrected chi connectivity index (χ1v) is 7.58. The lowest BCUT2D eigenvalue weighted by Crippen LogP contribution is -2.08. The van der Waals surface area contributed by atoms with Gasteiger partial charge in [0.15, 0.2) is 11.5 Å². The van der Waals surface area contributed by atoms with Crippen LogP contribution in [0.2, 0.25) is 0 Å². The van der Waals surface area contributed by atoms with Crippen molar-refractivity contribution in [2.45, 2.75) is 31.6 Å². The average molecular weight is 303 g/mol. The number of hydrogen-bond donors (Lipinski definition) is 1. The van der Waals surface area contributed by atoms with Gasteiger partial charge in [-0.3, -0.25) is 0 Å². The number of aromatic nitrogens is 2. The highest BCUT2D eigenvalue weighted by atomic mass is 16.5. The average Bonchev–Trinajstić information content (AvgIpc) is 2.93. The number of ether oxygens (including phenoxy) is 2. The van der Waals surface area contributed by atoms with E-state index in [0.29, 0.717) is 11.9 Å². The van der Waals surface area contributed by atoms with Crippen LogP contribution in [0.15, 0.2) is 22.6 Å². The van der Waals surface area contributed by atoms with Crippen LogP contribution in [0.4, 0.5) is 6.01 Å². The third-order valence-electron chi connectivity index (χ3n) is 4.03. The zero-order valence-electron chi connectivity index (χ0n) is 13.0. The minimum absolute atomic E-state index is 0.467. The number of methoxy groups -OCH3 is 2. The Balaban J connectivity index is 1.53. The molecule has 1 aliphatic carbocycles. The van der Waals surface area contributed by atoms with Crippen molar-refractivity contribution in [3.8, 4) is 11.5 Å². The van der Waals surface area contributed by atoms with E-state index < -0.39 is 0 Å². The minimum Gasteiger partial charge on any atom is -0.493 e. The fourth-order valence-corrected chi connectivity index (χ4v) is 2.48. The molecule has 6 heteroatoms. The quantitative estimate of drug-likeness (QED) is 0.848. The smallest absolute Gasteiger partial charge is 0.315 e. The predicted octanol–water partition coefficient (Wildman–Crippen LogP) is 3.01. The number of rotatable bonds is 7. The van der Waals surface area contributed by atoms with Crippen molar-refractivity contribution in [1.82, 2.24) is 10.2 Å². The first-order valence-electron chi connectivity index (χ1n) is 7.58. The predicted molar refractivity (Wildman–Crippen MR) is 82.6 cm³/mol. The summed E-state index contributed by atoms with van der Waals surface area (Å²) in [6, 6.07) is 6.42. The van der Waals surface area contributed by atoms with E-state index in [1.807, 2.05) is 18.2 Å². The van der Waals surface area contributed by atoms with E-state index in [1.165, 1.54) is 6.42 Å². The molecule has 1 fully saturated rings. The molecule has 0 aliphatic heterocycles. The minimum atomic E-state index is 0.467. The number of benzene rings is 1. The largest absolute Gasteiger partial charge is 0.493 e. The summed E-state index contributed by atoms with van der Waals surface area (Å²) in [4.78, 5) is 0. The summed E-state index contributed by atoms with van der Waals surface area (Å²) in [6.45, 7) is 0.724. The Bertz CT molecular complexity index is 623. The first-order chi connectivity index (χ1) is 10.8. The number of hydrogen-bond acceptors (Lipinski definition) is 6. The maximum absolute atomic E-state index is 5.63. The number of nitrogens with one attached hydrogen (secondary N) is 1. The summed E-state index contributed by atoms with van der Waals surface area (Å²) in [7, 11) is 3.27. The van der Waals surface area contributed by atoms with Gasteiger partial charge >= 0.3 is 6.01 Å². The molecule has 3 rings (SSSR count). The molecule has 0 atom stereocenters. The zero-order chi connectivity index (χ0) is 15.4. The normalized spacial score (nSPS) is 14.5. The molecule has 1 aliphatic rings. The van der Waals surface area contributed by atoms with Gasteiger partial charge in [-0.25, -0.2) is 0 Å². The van der Waals surface area contributed by atoms with Crippen LogP contribution < -0.4 is 14.8 Å². The van der Waals surface area contributed by atoms with Crippen LogP contribution >= 0.6 is 0 Å². The molecule has 0 spiro atoms. The van der Waals surface area contributed by atoms with E-state index in [9.17, 15) is 0 Å². The molecule has 0 amide bonds. The highest BCUT2D eigenvalue weighted by Gasteiger charge is 2.25. The first kappa shape index (κ1) is 14.7. The molecular formula is C16H21N3O3. The van der Waals surface area contributed by atoms with Gasteiger partial charge < -0.3 is 19.2 Å². The van der Waals surface area contributed by atoms with Crippen LogP contribution in [0.5, 0.6) is 11.5 Å². The van der Waals surface area contributed by atoms with Gasteiger partial charge in [-0.05, 0) is 37.0 Å². The number of anilines is 1. The van der Waals surface area contributed by atoms with Gasteiger partial charge in [-0.15, -0.1) is 5.10 Å². The summed E-state index contributed by atoms with van der Waals surface area (Å²) in [5.74, 6) is 2.71. The Morgan fingerprint density at radius 2 is 2.00 bits per heavy atom. The molecule has 1 aromatic heterocycles. The molecule has 1 N–H and O–H groups in total. The molecule has 1 aromatic carbocycles. The molecule has 0 bridgehead atoms. The Kier molecular flexibility index (Phi) is 4.46. The molecule has 1 saturated carbocycles. The Morgan fingerprint density at radius 1 is 1.18 bits per heavy atom. The second-order valence-corrected chi connectivity index (χ2v) is 5.44. The van der Waals surface area contributed by atoms with Gasteiger partial charge in [-0.1, -0.05) is 17.6 Å². The van der Waals surface area contributed by atoms with Gasteiger partial charge in [0.05, 0.1) is 14.2 Å². The van der Waals surface area contributed by atoms with E-state index >= 15 is 0 Å². The molecule has 1 heterocycles. The van der Waals surface area contributed by atoms with Gasteiger partial charge in [0.1, 0.15) is 0 Å². The second kappa shape index (κ2) is 6.68. The van der Waals surface area contributed by atoms with Crippen LogP contribution in [-0.2, 0) is 6.42 Å². The maximum atomic E-state index is 5.63. The Morgan fingerprint density at radius 3 is 2.68 bits per heavy atom. The van der Waals surface area contributed by atoms with Crippen LogP contribution in [0.1, 0.15) is 36.6 Å². The number of nitrogens with zero attached hydrogens (tertiary/aromatic N) is 2. The van der Waals surface area contributed by atoms with Crippen molar-refractivity contribution in [2.24, 2.45) is 0 Å². The lowest BCUT2D eigenvalue weighted by molar-refractivity contribution is 0.338. The van der Waals surface area contributed by atoms with Crippen molar-refractivity contribution in [2.75, 3.05) is 26.1 Å². The topological polar surface area (TPSA) is 69.4 Å². The Labute approximate surface area is 129 Å². The monoisotopic (exact) mass is 303 g/mol. The second-order valence-electron chi connectivity index (χ2n) is 5.44. The summed E-state index contributed by atoms with van der Waals surface area (Å²) >= 11 is 0. The van der Waals surface area contributed by atoms with Crippen molar-refractivity contribution < 1.29 is 13.9 Å². The SMILES string of the molecule is COc1ccc(CCNc2nnc(C3CCC3)o2)cc1OC. The van der Waals surface area contributed by atoms with Crippen LogP contribution in [-0.4, -0.2) is 31.0 Å². The summed E-state index contributed by atoms with van der Waals surface area (Å²) in [6.07, 6.45) is 4.41. The molecule has 118 valence electrons. The molecule has 0 radical (unpaired) electrons. The van der Waals surface area contributed by atoms with Crippen molar-refractivity contribution in [3.63, 3.8) is 0 Å². The third-order valence-corrected chi connectivity index (χ3v) is 4.03. The fraction of sp³-hybridized carbons (Fsp3) is 0.500. The highest BCUT2D eigenvalue weighted by Crippen LogP contribution is 2.35. The summed E-state index contributed by atoms with van der Waals surface area (Å²) in [5.41, 5.74) is 1.16. The van der Waals surface area contributed by atoms with Gasteiger partial charge in [-0.2, -0.15) is 0 Å². The van der Waals surface area contributed by atoms with Crippen molar-refractivity contribution >= 4 is 6.01 Å². The Hall–Kier alpha value is -2.24.